The SMILES string of the molecule is COC(=O)CC1CSC(c2cc3cc(CN4CCCC4)cc(NC4CCCC4)c3[nH]2)=N1. The van der Waals surface area contributed by atoms with E-state index in [4.69, 9.17) is 9.73 Å². The quantitative estimate of drug-likeness (QED) is 0.619. The first kappa shape index (κ1) is 20.9. The van der Waals surface area contributed by atoms with Crippen LogP contribution < -0.4 is 5.32 Å². The molecule has 0 radical (unpaired) electrons. The Morgan fingerprint density at radius 3 is 2.81 bits per heavy atom. The number of anilines is 1. The van der Waals surface area contributed by atoms with E-state index in [9.17, 15) is 4.79 Å². The van der Waals surface area contributed by atoms with Crippen molar-refractivity contribution in [3.05, 3.63) is 29.5 Å². The number of aromatic amines is 1. The Balaban J connectivity index is 1.44. The van der Waals surface area contributed by atoms with Crippen molar-refractivity contribution in [3.8, 4) is 0 Å². The molecule has 31 heavy (non-hydrogen) atoms. The van der Waals surface area contributed by atoms with Crippen LogP contribution in [0, 0.1) is 0 Å². The van der Waals surface area contributed by atoms with Gasteiger partial charge in [-0.05, 0) is 62.5 Å². The molecule has 1 saturated carbocycles. The molecule has 0 amide bonds. The second kappa shape index (κ2) is 9.25. The molecular weight excluding hydrogens is 408 g/mol. The fourth-order valence-corrected chi connectivity index (χ4v) is 6.09. The molecule has 7 heteroatoms. The number of hydrogen-bond acceptors (Lipinski definition) is 6. The molecule has 1 aromatic heterocycles. The summed E-state index contributed by atoms with van der Waals surface area (Å²) in [6.07, 6.45) is 8.12. The van der Waals surface area contributed by atoms with Gasteiger partial charge < -0.3 is 15.0 Å². The van der Waals surface area contributed by atoms with E-state index in [1.165, 1.54) is 80.9 Å². The van der Waals surface area contributed by atoms with E-state index in [1.807, 2.05) is 0 Å². The number of nitrogens with one attached hydrogen (secondary N) is 2. The number of fused-ring (bicyclic) bond motifs is 1. The van der Waals surface area contributed by atoms with Crippen molar-refractivity contribution < 1.29 is 9.53 Å². The van der Waals surface area contributed by atoms with Crippen molar-refractivity contribution in [2.45, 2.75) is 63.6 Å². The summed E-state index contributed by atoms with van der Waals surface area (Å²) in [7, 11) is 1.44. The molecule has 1 aliphatic carbocycles. The molecule has 1 atom stereocenters. The number of H-pyrrole nitrogens is 1. The zero-order valence-electron chi connectivity index (χ0n) is 18.3. The monoisotopic (exact) mass is 440 g/mol. The van der Waals surface area contributed by atoms with Crippen molar-refractivity contribution in [2.75, 3.05) is 31.3 Å². The summed E-state index contributed by atoms with van der Waals surface area (Å²) in [6, 6.07) is 7.48. The average Bonchev–Trinajstić information content (AvgIpc) is 3.55. The number of aliphatic imine (C=N–C) groups is 1. The first-order valence-corrected chi connectivity index (χ1v) is 12.6. The largest absolute Gasteiger partial charge is 0.469 e. The van der Waals surface area contributed by atoms with Crippen LogP contribution in [0.1, 0.15) is 56.2 Å². The Labute approximate surface area is 188 Å². The molecule has 0 bridgehead atoms. The van der Waals surface area contributed by atoms with E-state index in [2.05, 4.69) is 33.4 Å². The van der Waals surface area contributed by atoms with Gasteiger partial charge in [-0.25, -0.2) is 0 Å². The van der Waals surface area contributed by atoms with E-state index in [1.54, 1.807) is 11.8 Å². The van der Waals surface area contributed by atoms with Crippen molar-refractivity contribution >= 4 is 39.4 Å². The summed E-state index contributed by atoms with van der Waals surface area (Å²) >= 11 is 1.72. The Morgan fingerprint density at radius 1 is 1.23 bits per heavy atom. The van der Waals surface area contributed by atoms with Crippen LogP contribution in [0.15, 0.2) is 23.2 Å². The van der Waals surface area contributed by atoms with Crippen LogP contribution in [0.4, 0.5) is 5.69 Å². The van der Waals surface area contributed by atoms with Crippen LogP contribution in [0.3, 0.4) is 0 Å². The smallest absolute Gasteiger partial charge is 0.307 e. The maximum atomic E-state index is 11.6. The molecule has 2 aliphatic heterocycles. The highest BCUT2D eigenvalue weighted by atomic mass is 32.2. The lowest BCUT2D eigenvalue weighted by molar-refractivity contribution is -0.140. The number of likely N-dealkylation sites (tertiary alicyclic amines) is 1. The third kappa shape index (κ3) is 4.77. The highest BCUT2D eigenvalue weighted by Crippen LogP contribution is 2.33. The standard InChI is InChI=1S/C24H32N4O2S/c1-30-22(29)13-19-15-31-24(26-19)21-12-17-10-16(14-28-8-4-5-9-28)11-20(23(17)27-21)25-18-6-2-3-7-18/h10-12,18-19,25,27H,2-9,13-15H2,1H3. The molecule has 3 heterocycles. The molecular formula is C24H32N4O2S. The first-order chi connectivity index (χ1) is 15.2. The number of hydrogen-bond donors (Lipinski definition) is 2. The lowest BCUT2D eigenvalue weighted by Crippen LogP contribution is -2.19. The molecule has 2 aromatic rings. The predicted octanol–water partition coefficient (Wildman–Crippen LogP) is 4.54. The summed E-state index contributed by atoms with van der Waals surface area (Å²) in [4.78, 5) is 22.6. The summed E-state index contributed by atoms with van der Waals surface area (Å²) in [5.41, 5.74) is 4.83. The highest BCUT2D eigenvalue weighted by molar-refractivity contribution is 8.14. The van der Waals surface area contributed by atoms with E-state index in [-0.39, 0.29) is 12.0 Å². The second-order valence-electron chi connectivity index (χ2n) is 9.08. The molecule has 0 spiro atoms. The third-order valence-corrected chi connectivity index (χ3v) is 7.83. The highest BCUT2D eigenvalue weighted by Gasteiger charge is 2.24. The van der Waals surface area contributed by atoms with E-state index in [0.29, 0.717) is 12.5 Å². The minimum atomic E-state index is -0.193. The lowest BCUT2D eigenvalue weighted by Gasteiger charge is -2.18. The van der Waals surface area contributed by atoms with Gasteiger partial charge in [0.1, 0.15) is 5.04 Å². The summed E-state index contributed by atoms with van der Waals surface area (Å²) < 4.78 is 4.81. The van der Waals surface area contributed by atoms with Gasteiger partial charge in [-0.3, -0.25) is 14.7 Å². The fourth-order valence-electron chi connectivity index (χ4n) is 5.06. The minimum absolute atomic E-state index is 0.000624. The fraction of sp³-hybridized carbons (Fsp3) is 0.583. The van der Waals surface area contributed by atoms with Crippen molar-refractivity contribution in [1.29, 1.82) is 0 Å². The number of carbonyl (C=O) groups excluding carboxylic acids is 1. The van der Waals surface area contributed by atoms with Crippen molar-refractivity contribution in [3.63, 3.8) is 0 Å². The number of aromatic nitrogens is 1. The predicted molar refractivity (Wildman–Crippen MR) is 128 cm³/mol. The number of benzene rings is 1. The topological polar surface area (TPSA) is 69.7 Å². The summed E-state index contributed by atoms with van der Waals surface area (Å²) in [5.74, 6) is 0.634. The van der Waals surface area contributed by atoms with Gasteiger partial charge in [0.25, 0.3) is 0 Å². The third-order valence-electron chi connectivity index (χ3n) is 6.68. The van der Waals surface area contributed by atoms with E-state index < -0.39 is 0 Å². The Morgan fingerprint density at radius 2 is 2.03 bits per heavy atom. The molecule has 1 aromatic carbocycles. The lowest BCUT2D eigenvalue weighted by atomic mass is 10.1. The summed E-state index contributed by atoms with van der Waals surface area (Å²) in [5, 5.41) is 6.08. The maximum absolute atomic E-state index is 11.6. The van der Waals surface area contributed by atoms with Gasteiger partial charge in [0.2, 0.25) is 0 Å². The molecule has 2 fully saturated rings. The Kier molecular flexibility index (Phi) is 6.23. The number of thioether (sulfide) groups is 1. The van der Waals surface area contributed by atoms with Crippen LogP contribution >= 0.6 is 11.8 Å². The number of rotatable bonds is 7. The molecule has 166 valence electrons. The van der Waals surface area contributed by atoms with Crippen molar-refractivity contribution in [1.82, 2.24) is 9.88 Å². The van der Waals surface area contributed by atoms with Gasteiger partial charge in [0.15, 0.2) is 0 Å². The first-order valence-electron chi connectivity index (χ1n) is 11.6. The number of nitrogens with zero attached hydrogens (tertiary/aromatic N) is 2. The van der Waals surface area contributed by atoms with Gasteiger partial charge in [0.05, 0.1) is 36.5 Å². The molecule has 1 saturated heterocycles. The zero-order chi connectivity index (χ0) is 21.2. The molecule has 2 N–H and O–H groups in total. The van der Waals surface area contributed by atoms with Crippen LogP contribution in [-0.2, 0) is 16.1 Å². The number of esters is 1. The zero-order valence-corrected chi connectivity index (χ0v) is 19.1. The van der Waals surface area contributed by atoms with Crippen LogP contribution in [-0.4, -0.2) is 58.9 Å². The number of methoxy groups -OCH3 is 1. The summed E-state index contributed by atoms with van der Waals surface area (Å²) in [6.45, 7) is 3.43. The van der Waals surface area contributed by atoms with Gasteiger partial charge in [-0.1, -0.05) is 12.8 Å². The molecule has 1 unspecified atom stereocenters. The van der Waals surface area contributed by atoms with E-state index in [0.717, 1.165) is 23.0 Å². The second-order valence-corrected chi connectivity index (χ2v) is 10.1. The van der Waals surface area contributed by atoms with Gasteiger partial charge in [0, 0.05) is 23.7 Å². The Bertz CT molecular complexity index is 973. The maximum Gasteiger partial charge on any atom is 0.307 e. The molecule has 6 nitrogen and oxygen atoms in total. The minimum Gasteiger partial charge on any atom is -0.469 e. The normalized spacial score (nSPS) is 22.4. The van der Waals surface area contributed by atoms with E-state index >= 15 is 0 Å². The number of carbonyl (C=O) groups is 1. The number of ether oxygens (including phenoxy) is 1. The van der Waals surface area contributed by atoms with Gasteiger partial charge in [-0.2, -0.15) is 0 Å². The van der Waals surface area contributed by atoms with Crippen LogP contribution in [0.2, 0.25) is 0 Å². The molecule has 3 aliphatic rings. The van der Waals surface area contributed by atoms with Gasteiger partial charge in [-0.15, -0.1) is 11.8 Å². The molecule has 5 rings (SSSR count). The Hall–Kier alpha value is -1.99. The van der Waals surface area contributed by atoms with Crippen LogP contribution in [0.25, 0.3) is 10.9 Å². The average molecular weight is 441 g/mol. The van der Waals surface area contributed by atoms with Crippen LogP contribution in [0.5, 0.6) is 0 Å². The van der Waals surface area contributed by atoms with Crippen molar-refractivity contribution in [2.24, 2.45) is 4.99 Å². The van der Waals surface area contributed by atoms with Gasteiger partial charge >= 0.3 is 5.97 Å².